The average molecular weight is 338 g/mol. The van der Waals surface area contributed by atoms with Crippen LogP contribution in [0.3, 0.4) is 0 Å². The number of aliphatic hydroxyl groups is 5. The Morgan fingerprint density at radius 3 is 2.26 bits per heavy atom. The van der Waals surface area contributed by atoms with E-state index in [9.17, 15) is 25.5 Å². The van der Waals surface area contributed by atoms with E-state index in [4.69, 9.17) is 25.7 Å². The molecule has 0 bridgehead atoms. The van der Waals surface area contributed by atoms with Crippen LogP contribution in [0, 0.1) is 0 Å². The van der Waals surface area contributed by atoms with E-state index in [1.165, 1.54) is 7.11 Å². The predicted molar refractivity (Wildman–Crippen MR) is 76.0 cm³/mol. The lowest BCUT2D eigenvalue weighted by molar-refractivity contribution is -0.302. The van der Waals surface area contributed by atoms with Crippen LogP contribution in [-0.4, -0.2) is 100 Å². The minimum absolute atomic E-state index is 0.0485. The molecule has 1 saturated carbocycles. The molecule has 23 heavy (non-hydrogen) atoms. The summed E-state index contributed by atoms with van der Waals surface area (Å²) in [4.78, 5) is 0. The summed E-state index contributed by atoms with van der Waals surface area (Å²) in [7, 11) is 1.36. The summed E-state index contributed by atoms with van der Waals surface area (Å²) in [5, 5.41) is 49.9. The fraction of sp³-hybridized carbons (Fsp3) is 1.00. The van der Waals surface area contributed by atoms with Crippen LogP contribution in [0.1, 0.15) is 6.42 Å². The molecule has 1 aliphatic carbocycles. The monoisotopic (exact) mass is 338 g/mol. The Labute approximate surface area is 133 Å². The van der Waals surface area contributed by atoms with Crippen molar-refractivity contribution in [2.24, 2.45) is 11.5 Å². The van der Waals surface area contributed by atoms with Gasteiger partial charge in [-0.25, -0.2) is 0 Å². The van der Waals surface area contributed by atoms with E-state index in [1.54, 1.807) is 0 Å². The molecule has 0 radical (unpaired) electrons. The molecule has 2 rings (SSSR count). The molecule has 10 heteroatoms. The molecule has 10 atom stereocenters. The minimum Gasteiger partial charge on any atom is -0.390 e. The van der Waals surface area contributed by atoms with E-state index in [2.05, 4.69) is 0 Å². The largest absolute Gasteiger partial charge is 0.390 e. The molecule has 10 nitrogen and oxygen atoms in total. The maximum atomic E-state index is 10.1. The first-order valence-corrected chi connectivity index (χ1v) is 7.51. The molecule has 0 unspecified atom stereocenters. The quantitative estimate of drug-likeness (QED) is 0.264. The molecule has 0 aromatic rings. The van der Waals surface area contributed by atoms with Crippen LogP contribution >= 0.6 is 0 Å². The first kappa shape index (κ1) is 18.9. The fourth-order valence-corrected chi connectivity index (χ4v) is 2.99. The summed E-state index contributed by atoms with van der Waals surface area (Å²) in [5.74, 6) is 0. The highest BCUT2D eigenvalue weighted by Crippen LogP contribution is 2.29. The first-order valence-electron chi connectivity index (χ1n) is 7.51. The molecule has 1 heterocycles. The number of ether oxygens (including phenoxy) is 3. The van der Waals surface area contributed by atoms with E-state index in [0.717, 1.165) is 0 Å². The second-order valence-corrected chi connectivity index (χ2v) is 6.00. The average Bonchev–Trinajstić information content (AvgIpc) is 2.54. The third-order valence-corrected chi connectivity index (χ3v) is 4.50. The third kappa shape index (κ3) is 3.66. The van der Waals surface area contributed by atoms with Crippen LogP contribution in [0.25, 0.3) is 0 Å². The summed E-state index contributed by atoms with van der Waals surface area (Å²) in [6.45, 7) is -0.0745. The molecule has 136 valence electrons. The van der Waals surface area contributed by atoms with Crippen LogP contribution in [0.15, 0.2) is 0 Å². The minimum atomic E-state index is -1.43. The van der Waals surface area contributed by atoms with Gasteiger partial charge in [-0.05, 0) is 0 Å². The maximum Gasteiger partial charge on any atom is 0.176 e. The highest BCUT2D eigenvalue weighted by Gasteiger charge is 2.48. The predicted octanol–water partition coefficient (Wildman–Crippen LogP) is -4.39. The van der Waals surface area contributed by atoms with Gasteiger partial charge in [0.2, 0.25) is 0 Å². The Morgan fingerprint density at radius 2 is 1.70 bits per heavy atom. The SMILES string of the molecule is CO[C@H]1C[C@@H](O)[C@@H](O[C@H]2O[C@H](CN)[C@@H](O)[C@H](O)[C@H]2N)[C@H](O)[C@H]1O. The topological polar surface area (TPSA) is 181 Å². The molecule has 1 aliphatic heterocycles. The summed E-state index contributed by atoms with van der Waals surface area (Å²) >= 11 is 0. The maximum absolute atomic E-state index is 10.1. The number of hydrogen-bond acceptors (Lipinski definition) is 10. The Hall–Kier alpha value is -0.400. The molecule has 0 aromatic carbocycles. The zero-order valence-corrected chi connectivity index (χ0v) is 12.8. The normalized spacial score (nSPS) is 51.7. The lowest BCUT2D eigenvalue weighted by Gasteiger charge is -2.45. The Bertz CT molecular complexity index is 387. The van der Waals surface area contributed by atoms with Gasteiger partial charge < -0.3 is 51.2 Å². The second-order valence-electron chi connectivity index (χ2n) is 6.00. The highest BCUT2D eigenvalue weighted by atomic mass is 16.7. The standard InChI is InChI=1S/C13H26N2O8/c1-21-5-2-4(16)12(11(20)8(5)17)23-13-7(15)10(19)9(18)6(3-14)22-13/h4-13,16-20H,2-3,14-15H2,1H3/t4-,5+,6-,7-,8+,9-,10-,11-,12-,13-/m1/s1. The van der Waals surface area contributed by atoms with Crippen LogP contribution < -0.4 is 11.5 Å². The number of rotatable bonds is 4. The van der Waals surface area contributed by atoms with Crippen molar-refractivity contribution in [1.29, 1.82) is 0 Å². The van der Waals surface area contributed by atoms with Gasteiger partial charge in [0.15, 0.2) is 6.29 Å². The molecule has 0 aromatic heterocycles. The van der Waals surface area contributed by atoms with Crippen molar-refractivity contribution in [3.05, 3.63) is 0 Å². The summed E-state index contributed by atoms with van der Waals surface area (Å²) in [6, 6.07) is -1.11. The van der Waals surface area contributed by atoms with Crippen molar-refractivity contribution >= 4 is 0 Å². The van der Waals surface area contributed by atoms with Gasteiger partial charge >= 0.3 is 0 Å². The van der Waals surface area contributed by atoms with Crippen molar-refractivity contribution in [3.8, 4) is 0 Å². The Kier molecular flexibility index (Phi) is 6.30. The highest BCUT2D eigenvalue weighted by molar-refractivity contribution is 4.97. The molecule has 2 aliphatic rings. The Balaban J connectivity index is 2.08. The van der Waals surface area contributed by atoms with Crippen molar-refractivity contribution in [3.63, 3.8) is 0 Å². The van der Waals surface area contributed by atoms with Gasteiger partial charge in [0.25, 0.3) is 0 Å². The molecular formula is C13H26N2O8. The van der Waals surface area contributed by atoms with E-state index >= 15 is 0 Å². The molecule has 2 fully saturated rings. The summed E-state index contributed by atoms with van der Waals surface area (Å²) in [5.41, 5.74) is 11.2. The molecule has 0 spiro atoms. The number of methoxy groups -OCH3 is 1. The zero-order chi connectivity index (χ0) is 17.3. The number of hydrogen-bond donors (Lipinski definition) is 7. The molecule has 9 N–H and O–H groups in total. The van der Waals surface area contributed by atoms with E-state index in [1.807, 2.05) is 0 Å². The fourth-order valence-electron chi connectivity index (χ4n) is 2.99. The third-order valence-electron chi connectivity index (χ3n) is 4.50. The van der Waals surface area contributed by atoms with Crippen molar-refractivity contribution in [2.75, 3.05) is 13.7 Å². The number of aliphatic hydroxyl groups excluding tert-OH is 5. The van der Waals surface area contributed by atoms with Gasteiger partial charge in [-0.1, -0.05) is 0 Å². The molecular weight excluding hydrogens is 312 g/mol. The smallest absolute Gasteiger partial charge is 0.176 e. The van der Waals surface area contributed by atoms with Gasteiger partial charge in [-0.3, -0.25) is 0 Å². The molecule has 0 amide bonds. The van der Waals surface area contributed by atoms with Crippen LogP contribution in [0.5, 0.6) is 0 Å². The van der Waals surface area contributed by atoms with Crippen molar-refractivity contribution in [1.82, 2.24) is 0 Å². The van der Waals surface area contributed by atoms with Gasteiger partial charge in [0.05, 0.1) is 18.2 Å². The Morgan fingerprint density at radius 1 is 1.04 bits per heavy atom. The number of nitrogens with two attached hydrogens (primary N) is 2. The van der Waals surface area contributed by atoms with E-state index < -0.39 is 61.2 Å². The summed E-state index contributed by atoms with van der Waals surface area (Å²) < 4.78 is 15.9. The van der Waals surface area contributed by atoms with Crippen molar-refractivity contribution < 1.29 is 39.7 Å². The van der Waals surface area contributed by atoms with Crippen LogP contribution in [0.4, 0.5) is 0 Å². The second kappa shape index (κ2) is 7.66. The lowest BCUT2D eigenvalue weighted by atomic mass is 9.87. The van der Waals surface area contributed by atoms with Crippen LogP contribution in [-0.2, 0) is 14.2 Å². The molecule has 1 saturated heterocycles. The zero-order valence-electron chi connectivity index (χ0n) is 12.8. The van der Waals surface area contributed by atoms with Gasteiger partial charge in [-0.2, -0.15) is 0 Å². The van der Waals surface area contributed by atoms with Gasteiger partial charge in [0.1, 0.15) is 36.6 Å². The van der Waals surface area contributed by atoms with E-state index in [-0.39, 0.29) is 13.0 Å². The van der Waals surface area contributed by atoms with Crippen LogP contribution in [0.2, 0.25) is 0 Å². The van der Waals surface area contributed by atoms with Gasteiger partial charge in [-0.15, -0.1) is 0 Å². The lowest BCUT2D eigenvalue weighted by Crippen LogP contribution is -2.66. The van der Waals surface area contributed by atoms with Gasteiger partial charge in [0, 0.05) is 20.1 Å². The van der Waals surface area contributed by atoms with Crippen molar-refractivity contribution in [2.45, 2.75) is 67.6 Å². The summed E-state index contributed by atoms with van der Waals surface area (Å²) in [6.07, 6.45) is -10.4. The first-order chi connectivity index (χ1) is 10.8. The van der Waals surface area contributed by atoms with E-state index in [0.29, 0.717) is 0 Å².